The molecular weight excluding hydrogens is 412 g/mol. The second kappa shape index (κ2) is 9.63. The van der Waals surface area contributed by atoms with Crippen LogP contribution in [0.5, 0.6) is 0 Å². The van der Waals surface area contributed by atoms with E-state index in [2.05, 4.69) is 37.1 Å². The fourth-order valence-corrected chi connectivity index (χ4v) is 2.67. The highest BCUT2D eigenvalue weighted by Gasteiger charge is 2.11. The van der Waals surface area contributed by atoms with Crippen molar-refractivity contribution >= 4 is 50.7 Å². The zero-order valence-corrected chi connectivity index (χ0v) is 16.5. The van der Waals surface area contributed by atoms with Crippen LogP contribution in [-0.2, 0) is 9.59 Å². The van der Waals surface area contributed by atoms with Crippen molar-refractivity contribution < 1.29 is 14.4 Å². The summed E-state index contributed by atoms with van der Waals surface area (Å²) in [7, 11) is 0. The number of amides is 3. The predicted molar refractivity (Wildman–Crippen MR) is 109 cm³/mol. The summed E-state index contributed by atoms with van der Waals surface area (Å²) in [6, 6.07) is 13.8. The van der Waals surface area contributed by atoms with Crippen molar-refractivity contribution in [3.05, 3.63) is 58.6 Å². The lowest BCUT2D eigenvalue weighted by atomic mass is 10.2. The molecule has 0 heterocycles. The lowest BCUT2D eigenvalue weighted by Gasteiger charge is -2.11. The van der Waals surface area contributed by atoms with Gasteiger partial charge >= 0.3 is 0 Å². The molecule has 0 bridgehead atoms. The molecule has 0 unspecified atom stereocenters. The lowest BCUT2D eigenvalue weighted by molar-refractivity contribution is -0.115. The Hall–Kier alpha value is -3.00. The number of carbonyl (C=O) groups excluding carboxylic acids is 3. The predicted octanol–water partition coefficient (Wildman–Crippen LogP) is 3.54. The van der Waals surface area contributed by atoms with Crippen molar-refractivity contribution in [1.29, 1.82) is 0 Å². The van der Waals surface area contributed by atoms with E-state index in [1.165, 1.54) is 6.92 Å². The molecule has 0 aliphatic carbocycles. The molecule has 0 saturated heterocycles. The van der Waals surface area contributed by atoms with Crippen molar-refractivity contribution in [3.8, 4) is 0 Å². The molecule has 0 radical (unpaired) electrons. The molecule has 2 aromatic rings. The van der Waals surface area contributed by atoms with E-state index in [1.54, 1.807) is 55.5 Å². The highest BCUT2D eigenvalue weighted by atomic mass is 79.9. The number of nitrogens with one attached hydrogen (secondary N) is 3. The number of halogens is 1. The topological polar surface area (TPSA) is 99.7 Å². The van der Waals surface area contributed by atoms with E-state index in [-0.39, 0.29) is 24.1 Å². The van der Waals surface area contributed by atoms with Crippen molar-refractivity contribution in [2.45, 2.75) is 20.3 Å². The third-order valence-electron chi connectivity index (χ3n) is 3.40. The van der Waals surface area contributed by atoms with Gasteiger partial charge in [0.1, 0.15) is 0 Å². The van der Waals surface area contributed by atoms with Gasteiger partial charge in [0.2, 0.25) is 11.8 Å². The number of hydrazone groups is 1. The standard InChI is InChI=1S/C19H19BrN4O3/c1-12(23-24-19(27)14-7-3-4-8-15(14)20)11-18(26)22-17-10-6-5-9-16(17)21-13(2)25/h3-10H,11H2,1-2H3,(H,21,25)(H,22,26)(H,24,27)/b23-12-. The maximum Gasteiger partial charge on any atom is 0.272 e. The molecular formula is C19H19BrN4O3. The maximum absolute atomic E-state index is 12.2. The minimum Gasteiger partial charge on any atom is -0.325 e. The molecule has 0 fully saturated rings. The first-order chi connectivity index (χ1) is 12.9. The molecule has 8 heteroatoms. The third kappa shape index (κ3) is 6.34. The van der Waals surface area contributed by atoms with Gasteiger partial charge in [-0.2, -0.15) is 5.10 Å². The van der Waals surface area contributed by atoms with Gasteiger partial charge < -0.3 is 10.6 Å². The molecule has 0 saturated carbocycles. The van der Waals surface area contributed by atoms with Crippen LogP contribution in [-0.4, -0.2) is 23.4 Å². The Balaban J connectivity index is 1.96. The lowest BCUT2D eigenvalue weighted by Crippen LogP contribution is -2.22. The second-order valence-corrected chi connectivity index (χ2v) is 6.57. The Morgan fingerprint density at radius 2 is 1.52 bits per heavy atom. The number of anilines is 2. The van der Waals surface area contributed by atoms with Crippen LogP contribution >= 0.6 is 15.9 Å². The number of para-hydroxylation sites is 2. The average molecular weight is 431 g/mol. The van der Waals surface area contributed by atoms with Crippen LogP contribution in [0.3, 0.4) is 0 Å². The smallest absolute Gasteiger partial charge is 0.272 e. The van der Waals surface area contributed by atoms with Crippen LogP contribution in [0.4, 0.5) is 11.4 Å². The van der Waals surface area contributed by atoms with Gasteiger partial charge in [0.15, 0.2) is 0 Å². The van der Waals surface area contributed by atoms with Gasteiger partial charge in [-0.1, -0.05) is 24.3 Å². The van der Waals surface area contributed by atoms with Gasteiger partial charge in [-0.3, -0.25) is 14.4 Å². The van der Waals surface area contributed by atoms with Crippen LogP contribution in [0.15, 0.2) is 58.1 Å². The fourth-order valence-electron chi connectivity index (χ4n) is 2.21. The van der Waals surface area contributed by atoms with E-state index in [0.29, 0.717) is 27.1 Å². The van der Waals surface area contributed by atoms with Crippen LogP contribution in [0, 0.1) is 0 Å². The van der Waals surface area contributed by atoms with Crippen LogP contribution in [0.1, 0.15) is 30.6 Å². The monoisotopic (exact) mass is 430 g/mol. The van der Waals surface area contributed by atoms with Gasteiger partial charge in [0.25, 0.3) is 5.91 Å². The van der Waals surface area contributed by atoms with E-state index in [9.17, 15) is 14.4 Å². The summed E-state index contributed by atoms with van der Waals surface area (Å²) in [4.78, 5) is 35.5. The summed E-state index contributed by atoms with van der Waals surface area (Å²) in [6.45, 7) is 3.03. The number of nitrogens with zero attached hydrogens (tertiary/aromatic N) is 1. The Morgan fingerprint density at radius 1 is 0.926 bits per heavy atom. The third-order valence-corrected chi connectivity index (χ3v) is 4.09. The van der Waals surface area contributed by atoms with E-state index < -0.39 is 0 Å². The highest BCUT2D eigenvalue weighted by Crippen LogP contribution is 2.21. The Kier molecular flexibility index (Phi) is 7.25. The summed E-state index contributed by atoms with van der Waals surface area (Å²) >= 11 is 3.30. The Morgan fingerprint density at radius 3 is 2.15 bits per heavy atom. The van der Waals surface area contributed by atoms with Crippen molar-refractivity contribution in [1.82, 2.24) is 5.43 Å². The van der Waals surface area contributed by atoms with E-state index in [1.807, 2.05) is 0 Å². The average Bonchev–Trinajstić information content (AvgIpc) is 2.61. The maximum atomic E-state index is 12.2. The summed E-state index contributed by atoms with van der Waals surface area (Å²) in [6.07, 6.45) is -0.00928. The van der Waals surface area contributed by atoms with Crippen LogP contribution in [0.2, 0.25) is 0 Å². The Labute approximate surface area is 165 Å². The zero-order chi connectivity index (χ0) is 19.8. The minimum absolute atomic E-state index is 0.00928. The first-order valence-corrected chi connectivity index (χ1v) is 8.90. The SMILES string of the molecule is CC(=O)Nc1ccccc1NC(=O)C/C(C)=N\NC(=O)c1ccccc1Br. The number of carbonyl (C=O) groups is 3. The largest absolute Gasteiger partial charge is 0.325 e. The van der Waals surface area contributed by atoms with E-state index in [0.717, 1.165) is 0 Å². The normalized spacial score (nSPS) is 10.9. The minimum atomic E-state index is -0.377. The molecule has 0 atom stereocenters. The molecule has 3 amide bonds. The van der Waals surface area contributed by atoms with Crippen molar-refractivity contribution in [3.63, 3.8) is 0 Å². The van der Waals surface area contributed by atoms with Crippen molar-refractivity contribution in [2.24, 2.45) is 5.10 Å². The fraction of sp³-hybridized carbons (Fsp3) is 0.158. The molecule has 2 rings (SSSR count). The number of benzene rings is 2. The summed E-state index contributed by atoms with van der Waals surface area (Å²) in [5.41, 5.74) is 4.31. The summed E-state index contributed by atoms with van der Waals surface area (Å²) < 4.78 is 0.655. The van der Waals surface area contributed by atoms with Gasteiger partial charge in [0.05, 0.1) is 23.4 Å². The highest BCUT2D eigenvalue weighted by molar-refractivity contribution is 9.10. The zero-order valence-electron chi connectivity index (χ0n) is 14.9. The first kappa shape index (κ1) is 20.3. The van der Waals surface area contributed by atoms with Gasteiger partial charge in [0, 0.05) is 17.1 Å². The van der Waals surface area contributed by atoms with Gasteiger partial charge in [-0.05, 0) is 47.1 Å². The molecule has 0 aromatic heterocycles. The summed E-state index contributed by atoms with van der Waals surface area (Å²) in [5.74, 6) is -0.924. The van der Waals surface area contributed by atoms with Crippen LogP contribution < -0.4 is 16.1 Å². The van der Waals surface area contributed by atoms with E-state index in [4.69, 9.17) is 0 Å². The molecule has 0 aliphatic rings. The first-order valence-electron chi connectivity index (χ1n) is 8.11. The molecule has 27 heavy (non-hydrogen) atoms. The molecule has 140 valence electrons. The van der Waals surface area contributed by atoms with Gasteiger partial charge in [-0.15, -0.1) is 0 Å². The van der Waals surface area contributed by atoms with E-state index >= 15 is 0 Å². The summed E-state index contributed by atoms with van der Waals surface area (Å²) in [5, 5.41) is 9.33. The second-order valence-electron chi connectivity index (χ2n) is 5.72. The Bertz CT molecular complexity index is 896. The van der Waals surface area contributed by atoms with Gasteiger partial charge in [-0.25, -0.2) is 5.43 Å². The molecule has 0 aliphatic heterocycles. The van der Waals surface area contributed by atoms with Crippen LogP contribution in [0.25, 0.3) is 0 Å². The molecule has 7 nitrogen and oxygen atoms in total. The number of hydrogen-bond donors (Lipinski definition) is 3. The van der Waals surface area contributed by atoms with Crippen molar-refractivity contribution in [2.75, 3.05) is 10.6 Å². The number of hydrogen-bond acceptors (Lipinski definition) is 4. The number of rotatable bonds is 6. The quantitative estimate of drug-likeness (QED) is 0.482. The molecule has 3 N–H and O–H groups in total. The molecule has 2 aromatic carbocycles. The molecule has 0 spiro atoms.